The lowest BCUT2D eigenvalue weighted by Crippen LogP contribution is -2.54. The van der Waals surface area contributed by atoms with Crippen molar-refractivity contribution in [1.82, 2.24) is 10.2 Å². The normalized spacial score (nSPS) is 25.5. The number of carbonyl (C=O) groups is 3. The summed E-state index contributed by atoms with van der Waals surface area (Å²) in [5.74, 6) is 0.190. The van der Waals surface area contributed by atoms with Crippen LogP contribution in [0.1, 0.15) is 32.6 Å². The summed E-state index contributed by atoms with van der Waals surface area (Å²) in [6.07, 6.45) is 3.39. The topological polar surface area (TPSA) is 123 Å². The van der Waals surface area contributed by atoms with E-state index in [2.05, 4.69) is 10.6 Å². The Bertz CT molecular complexity index is 832. The number of ether oxygens (including phenoxy) is 2. The van der Waals surface area contributed by atoms with Gasteiger partial charge < -0.3 is 25.8 Å². The number of benzene rings is 1. The highest BCUT2D eigenvalue weighted by molar-refractivity contribution is 6.10. The van der Waals surface area contributed by atoms with Gasteiger partial charge in [0, 0.05) is 12.1 Å². The minimum Gasteiger partial charge on any atom is -0.454 e. The van der Waals surface area contributed by atoms with Gasteiger partial charge in [0.25, 0.3) is 5.91 Å². The zero-order chi connectivity index (χ0) is 19.2. The molecule has 0 bridgehead atoms. The standard InChI is InChI=1S/C18H22N4O5.ClH/c1-10-4-2-3-5-18(10)16(24)22(17(25)21-18)8-15(23)20-12-7-14-13(6-11(12)19)26-9-27-14;/h6-7,10H,2-5,8-9,19H2,1H3,(H,20,23)(H,21,25);1H. The lowest BCUT2D eigenvalue weighted by Gasteiger charge is -2.36. The van der Waals surface area contributed by atoms with Crippen molar-refractivity contribution in [2.75, 3.05) is 24.4 Å². The van der Waals surface area contributed by atoms with Crippen LogP contribution in [0, 0.1) is 5.92 Å². The molecule has 4 N–H and O–H groups in total. The van der Waals surface area contributed by atoms with Gasteiger partial charge in [0.15, 0.2) is 11.5 Å². The van der Waals surface area contributed by atoms with Crippen LogP contribution in [0.2, 0.25) is 0 Å². The average molecular weight is 411 g/mol. The van der Waals surface area contributed by atoms with Crippen molar-refractivity contribution in [1.29, 1.82) is 0 Å². The summed E-state index contributed by atoms with van der Waals surface area (Å²) in [5.41, 5.74) is 5.70. The predicted molar refractivity (Wildman–Crippen MR) is 103 cm³/mol. The Morgan fingerprint density at radius 3 is 2.75 bits per heavy atom. The van der Waals surface area contributed by atoms with Gasteiger partial charge >= 0.3 is 6.03 Å². The lowest BCUT2D eigenvalue weighted by molar-refractivity contribution is -0.136. The highest BCUT2D eigenvalue weighted by atomic mass is 35.5. The van der Waals surface area contributed by atoms with E-state index in [1.54, 1.807) is 12.1 Å². The Labute approximate surface area is 168 Å². The van der Waals surface area contributed by atoms with Gasteiger partial charge in [-0.1, -0.05) is 19.8 Å². The monoisotopic (exact) mass is 410 g/mol. The molecule has 1 spiro atoms. The number of hydrogen-bond donors (Lipinski definition) is 3. The molecule has 1 saturated heterocycles. The van der Waals surface area contributed by atoms with Crippen LogP contribution in [0.5, 0.6) is 11.5 Å². The van der Waals surface area contributed by atoms with Crippen molar-refractivity contribution < 1.29 is 23.9 Å². The molecule has 4 amide bonds. The van der Waals surface area contributed by atoms with Crippen molar-refractivity contribution >= 4 is 41.6 Å². The number of anilines is 2. The molecule has 28 heavy (non-hydrogen) atoms. The molecule has 152 valence electrons. The second kappa shape index (κ2) is 7.38. The molecule has 1 aliphatic carbocycles. The molecule has 2 fully saturated rings. The van der Waals surface area contributed by atoms with Crippen LogP contribution in [0.3, 0.4) is 0 Å². The summed E-state index contributed by atoms with van der Waals surface area (Å²) >= 11 is 0. The van der Waals surface area contributed by atoms with Crippen LogP contribution in [0.4, 0.5) is 16.2 Å². The zero-order valence-electron chi connectivity index (χ0n) is 15.4. The maximum atomic E-state index is 12.9. The highest BCUT2D eigenvalue weighted by Gasteiger charge is 2.55. The van der Waals surface area contributed by atoms with E-state index in [0.717, 1.165) is 24.2 Å². The van der Waals surface area contributed by atoms with Gasteiger partial charge in [-0.15, -0.1) is 12.4 Å². The van der Waals surface area contributed by atoms with Gasteiger partial charge in [-0.05, 0) is 18.8 Å². The number of carbonyl (C=O) groups excluding carboxylic acids is 3. The summed E-state index contributed by atoms with van der Waals surface area (Å²) in [4.78, 5) is 38.7. The Morgan fingerprint density at radius 1 is 1.32 bits per heavy atom. The first kappa shape index (κ1) is 20.1. The number of nitrogen functional groups attached to an aromatic ring is 1. The van der Waals surface area contributed by atoms with E-state index in [1.165, 1.54) is 0 Å². The number of nitrogens with one attached hydrogen (secondary N) is 2. The first-order valence-electron chi connectivity index (χ1n) is 9.04. The van der Waals surface area contributed by atoms with Gasteiger partial charge in [0.05, 0.1) is 11.4 Å². The Kier molecular flexibility index (Phi) is 5.29. The van der Waals surface area contributed by atoms with Crippen molar-refractivity contribution in [3.63, 3.8) is 0 Å². The van der Waals surface area contributed by atoms with E-state index >= 15 is 0 Å². The van der Waals surface area contributed by atoms with Crippen LogP contribution in [-0.4, -0.2) is 41.6 Å². The fraction of sp³-hybridized carbons (Fsp3) is 0.500. The number of hydrogen-bond acceptors (Lipinski definition) is 6. The maximum Gasteiger partial charge on any atom is 0.325 e. The maximum absolute atomic E-state index is 12.9. The van der Waals surface area contributed by atoms with E-state index in [0.29, 0.717) is 29.3 Å². The van der Waals surface area contributed by atoms with Crippen molar-refractivity contribution in [2.24, 2.45) is 5.92 Å². The molecule has 1 aromatic rings. The summed E-state index contributed by atoms with van der Waals surface area (Å²) in [7, 11) is 0. The fourth-order valence-electron chi connectivity index (χ4n) is 4.04. The number of nitrogens with zero attached hydrogens (tertiary/aromatic N) is 1. The fourth-order valence-corrected chi connectivity index (χ4v) is 4.04. The largest absolute Gasteiger partial charge is 0.454 e. The van der Waals surface area contributed by atoms with E-state index in [9.17, 15) is 14.4 Å². The number of fused-ring (bicyclic) bond motifs is 1. The molecule has 2 aliphatic heterocycles. The van der Waals surface area contributed by atoms with Gasteiger partial charge in [0.1, 0.15) is 12.1 Å². The van der Waals surface area contributed by atoms with Crippen LogP contribution in [-0.2, 0) is 9.59 Å². The molecule has 2 heterocycles. The van der Waals surface area contributed by atoms with Crippen LogP contribution in [0.15, 0.2) is 12.1 Å². The molecule has 1 saturated carbocycles. The minimum absolute atomic E-state index is 0. The SMILES string of the molecule is CC1CCCCC12NC(=O)N(CC(=O)Nc1cc3c(cc1N)OCO3)C2=O.Cl. The Morgan fingerprint density at radius 2 is 2.04 bits per heavy atom. The molecule has 3 aliphatic rings. The lowest BCUT2D eigenvalue weighted by atomic mass is 9.73. The molecule has 9 nitrogen and oxygen atoms in total. The van der Waals surface area contributed by atoms with Crippen LogP contribution in [0.25, 0.3) is 0 Å². The van der Waals surface area contributed by atoms with Crippen molar-refractivity contribution in [3.05, 3.63) is 12.1 Å². The molecular weight excluding hydrogens is 388 g/mol. The first-order chi connectivity index (χ1) is 12.9. The zero-order valence-corrected chi connectivity index (χ0v) is 16.3. The third-order valence-corrected chi connectivity index (χ3v) is 5.62. The van der Waals surface area contributed by atoms with E-state index in [-0.39, 0.29) is 37.6 Å². The number of imide groups is 1. The van der Waals surface area contributed by atoms with Crippen molar-refractivity contribution in [2.45, 2.75) is 38.1 Å². The number of urea groups is 1. The van der Waals surface area contributed by atoms with Gasteiger partial charge in [-0.2, -0.15) is 0 Å². The third-order valence-electron chi connectivity index (χ3n) is 5.62. The Balaban J connectivity index is 0.00000225. The number of amides is 4. The molecule has 2 unspecified atom stereocenters. The molecule has 10 heteroatoms. The first-order valence-corrected chi connectivity index (χ1v) is 9.04. The predicted octanol–water partition coefficient (Wildman–Crippen LogP) is 1.86. The number of halogens is 1. The smallest absolute Gasteiger partial charge is 0.325 e. The van der Waals surface area contributed by atoms with E-state index < -0.39 is 17.5 Å². The second-order valence-corrected chi connectivity index (χ2v) is 7.28. The number of rotatable bonds is 3. The molecule has 0 radical (unpaired) electrons. The van der Waals surface area contributed by atoms with Gasteiger partial charge in [-0.25, -0.2) is 4.79 Å². The average Bonchev–Trinajstić information content (AvgIpc) is 3.16. The molecule has 1 aromatic carbocycles. The van der Waals surface area contributed by atoms with E-state index in [1.807, 2.05) is 6.92 Å². The second-order valence-electron chi connectivity index (χ2n) is 7.28. The van der Waals surface area contributed by atoms with Crippen molar-refractivity contribution in [3.8, 4) is 11.5 Å². The Hall–Kier alpha value is -2.68. The van der Waals surface area contributed by atoms with Gasteiger partial charge in [-0.3, -0.25) is 14.5 Å². The highest BCUT2D eigenvalue weighted by Crippen LogP contribution is 2.39. The summed E-state index contributed by atoms with van der Waals surface area (Å²) in [6.45, 7) is 1.69. The quantitative estimate of drug-likeness (QED) is 0.516. The van der Waals surface area contributed by atoms with Gasteiger partial charge in [0.2, 0.25) is 12.7 Å². The summed E-state index contributed by atoms with van der Waals surface area (Å²) in [6, 6.07) is 2.60. The molecular formula is C18H23ClN4O5. The van der Waals surface area contributed by atoms with Crippen LogP contribution < -0.4 is 25.8 Å². The summed E-state index contributed by atoms with van der Waals surface area (Å²) < 4.78 is 10.5. The number of nitrogens with two attached hydrogens (primary N) is 1. The minimum atomic E-state index is -0.882. The third kappa shape index (κ3) is 3.19. The molecule has 0 aromatic heterocycles. The van der Waals surface area contributed by atoms with E-state index in [4.69, 9.17) is 15.2 Å². The molecule has 2 atom stereocenters. The van der Waals surface area contributed by atoms with Crippen LogP contribution >= 0.6 is 12.4 Å². The summed E-state index contributed by atoms with van der Waals surface area (Å²) in [5, 5.41) is 5.47. The molecule has 4 rings (SSSR count).